The maximum absolute atomic E-state index is 12.4. The lowest BCUT2D eigenvalue weighted by Crippen LogP contribution is -2.40. The van der Waals surface area contributed by atoms with Gasteiger partial charge in [-0.3, -0.25) is 4.79 Å². The van der Waals surface area contributed by atoms with E-state index in [2.05, 4.69) is 24.4 Å². The van der Waals surface area contributed by atoms with Gasteiger partial charge in [-0.2, -0.15) is 0 Å². The second kappa shape index (κ2) is 6.71. The Hall–Kier alpha value is -1.35. The van der Waals surface area contributed by atoms with Gasteiger partial charge in [0.2, 0.25) is 0 Å². The first kappa shape index (κ1) is 14.1. The van der Waals surface area contributed by atoms with E-state index in [0.717, 1.165) is 50.4 Å². The van der Waals surface area contributed by atoms with Gasteiger partial charge in [-0.05, 0) is 56.5 Å². The normalized spacial score (nSPS) is 16.6. The number of likely N-dealkylation sites (tertiary alicyclic amines) is 1. The summed E-state index contributed by atoms with van der Waals surface area (Å²) in [5.41, 5.74) is 2.11. The van der Waals surface area contributed by atoms with Crippen molar-refractivity contribution >= 4 is 5.91 Å². The van der Waals surface area contributed by atoms with E-state index in [9.17, 15) is 4.79 Å². The molecule has 0 saturated carbocycles. The molecule has 19 heavy (non-hydrogen) atoms. The average Bonchev–Trinajstić information content (AvgIpc) is 2.48. The van der Waals surface area contributed by atoms with Crippen LogP contribution in [0.25, 0.3) is 0 Å². The lowest BCUT2D eigenvalue weighted by atomic mass is 9.96. The Balaban J connectivity index is 1.93. The number of benzene rings is 1. The second-order valence-corrected chi connectivity index (χ2v) is 5.34. The summed E-state index contributed by atoms with van der Waals surface area (Å²) in [4.78, 5) is 14.4. The summed E-state index contributed by atoms with van der Waals surface area (Å²) in [6.07, 6.45) is 3.24. The van der Waals surface area contributed by atoms with Crippen molar-refractivity contribution in [3.05, 3.63) is 35.4 Å². The summed E-state index contributed by atoms with van der Waals surface area (Å²) < 4.78 is 0. The van der Waals surface area contributed by atoms with Crippen LogP contribution in [0.3, 0.4) is 0 Å². The molecule has 1 aromatic rings. The highest BCUT2D eigenvalue weighted by molar-refractivity contribution is 5.94. The van der Waals surface area contributed by atoms with Crippen LogP contribution >= 0.6 is 0 Å². The second-order valence-electron chi connectivity index (χ2n) is 5.34. The van der Waals surface area contributed by atoms with E-state index in [-0.39, 0.29) is 5.91 Å². The van der Waals surface area contributed by atoms with Gasteiger partial charge in [0, 0.05) is 18.7 Å². The Labute approximate surface area is 116 Å². The molecular weight excluding hydrogens is 236 g/mol. The average molecular weight is 260 g/mol. The quantitative estimate of drug-likeness (QED) is 0.901. The Kier molecular flexibility index (Phi) is 4.97. The predicted octanol–water partition coefficient (Wildman–Crippen LogP) is 2.32. The number of piperidine rings is 1. The van der Waals surface area contributed by atoms with E-state index in [4.69, 9.17) is 0 Å². The fourth-order valence-corrected chi connectivity index (χ4v) is 2.69. The molecule has 1 saturated heterocycles. The summed E-state index contributed by atoms with van der Waals surface area (Å²) in [7, 11) is 1.99. The SMILES string of the molecule is CCc1ccc(C(=O)N2CCC(CNC)CC2)cc1. The van der Waals surface area contributed by atoms with Gasteiger partial charge in [-0.1, -0.05) is 19.1 Å². The first-order valence-corrected chi connectivity index (χ1v) is 7.27. The summed E-state index contributed by atoms with van der Waals surface area (Å²) in [5, 5.41) is 3.22. The first-order chi connectivity index (χ1) is 9.24. The molecule has 0 atom stereocenters. The molecule has 2 rings (SSSR count). The number of amides is 1. The molecule has 0 spiro atoms. The summed E-state index contributed by atoms with van der Waals surface area (Å²) >= 11 is 0. The van der Waals surface area contributed by atoms with Crippen molar-refractivity contribution in [2.45, 2.75) is 26.2 Å². The molecular formula is C16H24N2O. The monoisotopic (exact) mass is 260 g/mol. The summed E-state index contributed by atoms with van der Waals surface area (Å²) in [5.74, 6) is 0.905. The number of nitrogens with one attached hydrogen (secondary N) is 1. The van der Waals surface area contributed by atoms with Crippen molar-refractivity contribution in [2.75, 3.05) is 26.7 Å². The maximum atomic E-state index is 12.4. The van der Waals surface area contributed by atoms with E-state index in [1.165, 1.54) is 5.56 Å². The molecule has 0 aliphatic carbocycles. The molecule has 0 bridgehead atoms. The topological polar surface area (TPSA) is 32.3 Å². The highest BCUT2D eigenvalue weighted by Crippen LogP contribution is 2.18. The van der Waals surface area contributed by atoms with Crippen LogP contribution < -0.4 is 5.32 Å². The zero-order chi connectivity index (χ0) is 13.7. The van der Waals surface area contributed by atoms with Crippen LogP contribution in [-0.2, 0) is 6.42 Å². The third-order valence-electron chi connectivity index (χ3n) is 4.00. The molecule has 1 amide bonds. The van der Waals surface area contributed by atoms with Crippen LogP contribution in [0.5, 0.6) is 0 Å². The molecule has 0 radical (unpaired) electrons. The number of nitrogens with zero attached hydrogens (tertiary/aromatic N) is 1. The van der Waals surface area contributed by atoms with Crippen LogP contribution in [0, 0.1) is 5.92 Å². The van der Waals surface area contributed by atoms with Gasteiger partial charge < -0.3 is 10.2 Å². The minimum atomic E-state index is 0.186. The Morgan fingerprint density at radius 2 is 1.89 bits per heavy atom. The third-order valence-corrected chi connectivity index (χ3v) is 4.00. The van der Waals surface area contributed by atoms with E-state index in [1.54, 1.807) is 0 Å². The van der Waals surface area contributed by atoms with Crippen molar-refractivity contribution in [1.82, 2.24) is 10.2 Å². The minimum Gasteiger partial charge on any atom is -0.339 e. The van der Waals surface area contributed by atoms with Gasteiger partial charge in [-0.25, -0.2) is 0 Å². The minimum absolute atomic E-state index is 0.186. The highest BCUT2D eigenvalue weighted by Gasteiger charge is 2.22. The fourth-order valence-electron chi connectivity index (χ4n) is 2.69. The lowest BCUT2D eigenvalue weighted by molar-refractivity contribution is 0.0691. The van der Waals surface area contributed by atoms with Gasteiger partial charge in [-0.15, -0.1) is 0 Å². The van der Waals surface area contributed by atoms with Crippen molar-refractivity contribution in [3.63, 3.8) is 0 Å². The van der Waals surface area contributed by atoms with Crippen LogP contribution in [0.1, 0.15) is 35.7 Å². The molecule has 0 unspecified atom stereocenters. The number of hydrogen-bond acceptors (Lipinski definition) is 2. The largest absolute Gasteiger partial charge is 0.339 e. The molecule has 3 nitrogen and oxygen atoms in total. The van der Waals surface area contributed by atoms with Crippen molar-refractivity contribution < 1.29 is 4.79 Å². The fraction of sp³-hybridized carbons (Fsp3) is 0.562. The van der Waals surface area contributed by atoms with E-state index in [0.29, 0.717) is 0 Å². The van der Waals surface area contributed by atoms with Crippen LogP contribution in [0.4, 0.5) is 0 Å². The molecule has 1 N–H and O–H groups in total. The Bertz CT molecular complexity index is 405. The van der Waals surface area contributed by atoms with Crippen LogP contribution in [0.15, 0.2) is 24.3 Å². The number of hydrogen-bond donors (Lipinski definition) is 1. The van der Waals surface area contributed by atoms with Gasteiger partial charge in [0.1, 0.15) is 0 Å². The van der Waals surface area contributed by atoms with Crippen molar-refractivity contribution in [3.8, 4) is 0 Å². The predicted molar refractivity (Wildman–Crippen MR) is 78.4 cm³/mol. The van der Waals surface area contributed by atoms with E-state index >= 15 is 0 Å². The molecule has 1 heterocycles. The van der Waals surface area contributed by atoms with Gasteiger partial charge in [0.25, 0.3) is 5.91 Å². The highest BCUT2D eigenvalue weighted by atomic mass is 16.2. The maximum Gasteiger partial charge on any atom is 0.253 e. The standard InChI is InChI=1S/C16H24N2O/c1-3-13-4-6-15(7-5-13)16(19)18-10-8-14(9-11-18)12-17-2/h4-7,14,17H,3,8-12H2,1-2H3. The summed E-state index contributed by atoms with van der Waals surface area (Å²) in [6, 6.07) is 8.03. The third kappa shape index (κ3) is 3.57. The molecule has 1 fully saturated rings. The summed E-state index contributed by atoms with van der Waals surface area (Å²) in [6.45, 7) is 4.97. The molecule has 104 valence electrons. The van der Waals surface area contributed by atoms with Crippen molar-refractivity contribution in [2.24, 2.45) is 5.92 Å². The van der Waals surface area contributed by atoms with E-state index in [1.807, 2.05) is 24.1 Å². The van der Waals surface area contributed by atoms with E-state index < -0.39 is 0 Å². The molecule has 0 aromatic heterocycles. The smallest absolute Gasteiger partial charge is 0.253 e. The zero-order valence-corrected chi connectivity index (χ0v) is 12.0. The molecule has 1 aliphatic heterocycles. The van der Waals surface area contributed by atoms with Crippen LogP contribution in [-0.4, -0.2) is 37.5 Å². The number of carbonyl (C=O) groups excluding carboxylic acids is 1. The van der Waals surface area contributed by atoms with Gasteiger partial charge in [0.05, 0.1) is 0 Å². The number of aryl methyl sites for hydroxylation is 1. The molecule has 1 aromatic carbocycles. The Morgan fingerprint density at radius 1 is 1.26 bits per heavy atom. The number of rotatable bonds is 4. The zero-order valence-electron chi connectivity index (χ0n) is 12.0. The lowest BCUT2D eigenvalue weighted by Gasteiger charge is -2.32. The Morgan fingerprint density at radius 3 is 2.42 bits per heavy atom. The molecule has 3 heteroatoms. The van der Waals surface area contributed by atoms with Gasteiger partial charge >= 0.3 is 0 Å². The van der Waals surface area contributed by atoms with Gasteiger partial charge in [0.15, 0.2) is 0 Å². The molecule has 1 aliphatic rings. The first-order valence-electron chi connectivity index (χ1n) is 7.27. The van der Waals surface area contributed by atoms with Crippen LogP contribution in [0.2, 0.25) is 0 Å². The number of carbonyl (C=O) groups is 1. The van der Waals surface area contributed by atoms with Crippen molar-refractivity contribution in [1.29, 1.82) is 0 Å².